The summed E-state index contributed by atoms with van der Waals surface area (Å²) in [5.41, 5.74) is 3.09. The van der Waals surface area contributed by atoms with Crippen molar-refractivity contribution in [3.63, 3.8) is 0 Å². The highest BCUT2D eigenvalue weighted by molar-refractivity contribution is 6.30. The van der Waals surface area contributed by atoms with Crippen LogP contribution in [0.1, 0.15) is 23.9 Å². The summed E-state index contributed by atoms with van der Waals surface area (Å²) in [4.78, 5) is 18.5. The monoisotopic (exact) mass is 399 g/mol. The van der Waals surface area contributed by atoms with Crippen LogP contribution in [-0.4, -0.2) is 34.1 Å². The average molecular weight is 400 g/mol. The summed E-state index contributed by atoms with van der Waals surface area (Å²) in [6, 6.07) is 12.9. The van der Waals surface area contributed by atoms with Crippen molar-refractivity contribution < 1.29 is 14.1 Å². The number of carbonyl (C=O) groups is 1. The van der Waals surface area contributed by atoms with Gasteiger partial charge in [-0.3, -0.25) is 4.79 Å². The maximum absolute atomic E-state index is 12.6. The minimum absolute atomic E-state index is 0.176. The number of aryl methyl sites for hydroxylation is 2. The topological polar surface area (TPSA) is 68.5 Å². The fourth-order valence-electron chi connectivity index (χ4n) is 2.67. The Kier molecular flexibility index (Phi) is 5.99. The van der Waals surface area contributed by atoms with Gasteiger partial charge in [-0.15, -0.1) is 0 Å². The largest absolute Gasteiger partial charge is 0.481 e. The summed E-state index contributed by atoms with van der Waals surface area (Å²) < 4.78 is 11.1. The lowest BCUT2D eigenvalue weighted by molar-refractivity contribution is -0.137. The van der Waals surface area contributed by atoms with Gasteiger partial charge in [-0.1, -0.05) is 22.8 Å². The van der Waals surface area contributed by atoms with Crippen LogP contribution in [0.2, 0.25) is 5.02 Å². The maximum atomic E-state index is 12.6. The lowest BCUT2D eigenvalue weighted by atomic mass is 10.1. The predicted octanol–water partition coefficient (Wildman–Crippen LogP) is 4.43. The molecule has 3 rings (SSSR count). The normalized spacial score (nSPS) is 11.9. The Morgan fingerprint density at radius 1 is 1.18 bits per heavy atom. The zero-order valence-electron chi connectivity index (χ0n) is 16.3. The van der Waals surface area contributed by atoms with Crippen molar-refractivity contribution in [2.45, 2.75) is 33.4 Å². The van der Waals surface area contributed by atoms with Crippen LogP contribution < -0.4 is 4.74 Å². The summed E-state index contributed by atoms with van der Waals surface area (Å²) in [6.45, 7) is 5.96. The average Bonchev–Trinajstić information content (AvgIpc) is 3.13. The Balaban J connectivity index is 1.62. The smallest absolute Gasteiger partial charge is 0.263 e. The highest BCUT2D eigenvalue weighted by Crippen LogP contribution is 2.20. The lowest BCUT2D eigenvalue weighted by Gasteiger charge is -2.21. The molecule has 0 N–H and O–H groups in total. The molecule has 1 amide bonds. The highest BCUT2D eigenvalue weighted by atomic mass is 35.5. The number of ether oxygens (including phenoxy) is 1. The molecule has 0 spiro atoms. The van der Waals surface area contributed by atoms with Gasteiger partial charge in [0.15, 0.2) is 6.10 Å². The van der Waals surface area contributed by atoms with Gasteiger partial charge in [0.25, 0.3) is 5.91 Å². The summed E-state index contributed by atoms with van der Waals surface area (Å²) in [6.07, 6.45) is -0.634. The summed E-state index contributed by atoms with van der Waals surface area (Å²) >= 11 is 5.89. The van der Waals surface area contributed by atoms with Gasteiger partial charge in [0, 0.05) is 17.6 Å². The van der Waals surface area contributed by atoms with Crippen molar-refractivity contribution in [3.05, 3.63) is 64.5 Å². The van der Waals surface area contributed by atoms with Crippen LogP contribution in [0.25, 0.3) is 11.4 Å². The molecule has 28 heavy (non-hydrogen) atoms. The molecule has 0 fully saturated rings. The number of likely N-dealkylation sites (N-methyl/N-ethyl adjacent to an activating group) is 1. The Bertz CT molecular complexity index is 969. The second-order valence-corrected chi connectivity index (χ2v) is 7.16. The van der Waals surface area contributed by atoms with E-state index in [-0.39, 0.29) is 12.5 Å². The van der Waals surface area contributed by atoms with Crippen LogP contribution >= 0.6 is 11.6 Å². The second-order valence-electron chi connectivity index (χ2n) is 6.72. The summed E-state index contributed by atoms with van der Waals surface area (Å²) in [5, 5.41) is 4.60. The van der Waals surface area contributed by atoms with Crippen molar-refractivity contribution in [1.29, 1.82) is 0 Å². The molecule has 0 saturated carbocycles. The van der Waals surface area contributed by atoms with E-state index >= 15 is 0 Å². The Labute approximate surface area is 169 Å². The van der Waals surface area contributed by atoms with Crippen LogP contribution in [0.5, 0.6) is 5.75 Å². The molecule has 6 nitrogen and oxygen atoms in total. The number of amides is 1. The first-order valence-corrected chi connectivity index (χ1v) is 9.28. The van der Waals surface area contributed by atoms with Gasteiger partial charge in [0.05, 0.1) is 6.54 Å². The van der Waals surface area contributed by atoms with Gasteiger partial charge in [-0.2, -0.15) is 4.98 Å². The fraction of sp³-hybridized carbons (Fsp3) is 0.286. The first kappa shape index (κ1) is 19.9. The molecule has 1 aromatic heterocycles. The minimum atomic E-state index is -0.634. The molecule has 1 unspecified atom stereocenters. The van der Waals surface area contributed by atoms with Crippen molar-refractivity contribution in [3.8, 4) is 17.1 Å². The molecule has 1 atom stereocenters. The maximum Gasteiger partial charge on any atom is 0.263 e. The van der Waals surface area contributed by atoms with Gasteiger partial charge >= 0.3 is 0 Å². The van der Waals surface area contributed by atoms with Crippen molar-refractivity contribution in [2.75, 3.05) is 7.05 Å². The number of aromatic nitrogens is 2. The molecule has 2 aromatic carbocycles. The number of rotatable bonds is 6. The third kappa shape index (κ3) is 4.70. The summed E-state index contributed by atoms with van der Waals surface area (Å²) in [7, 11) is 1.68. The van der Waals surface area contributed by atoms with E-state index in [9.17, 15) is 4.79 Å². The third-order valence-corrected chi connectivity index (χ3v) is 4.71. The molecular formula is C21H22ClN3O3. The SMILES string of the molecule is Cc1ccc(OC(C)C(=O)N(C)Cc2nc(-c3ccc(Cl)cc3)no2)cc1C. The highest BCUT2D eigenvalue weighted by Gasteiger charge is 2.21. The van der Waals surface area contributed by atoms with Crippen LogP contribution in [0.4, 0.5) is 0 Å². The molecule has 0 radical (unpaired) electrons. The number of benzene rings is 2. The first-order chi connectivity index (χ1) is 13.3. The lowest BCUT2D eigenvalue weighted by Crippen LogP contribution is -2.37. The molecule has 0 aliphatic heterocycles. The minimum Gasteiger partial charge on any atom is -0.481 e. The number of hydrogen-bond acceptors (Lipinski definition) is 5. The van der Waals surface area contributed by atoms with Crippen LogP contribution in [0, 0.1) is 13.8 Å². The number of halogens is 1. The van der Waals surface area contributed by atoms with Gasteiger partial charge < -0.3 is 14.2 Å². The van der Waals surface area contributed by atoms with E-state index in [0.717, 1.165) is 11.1 Å². The number of hydrogen-bond donors (Lipinski definition) is 0. The number of carbonyl (C=O) groups excluding carboxylic acids is 1. The Morgan fingerprint density at radius 3 is 2.57 bits per heavy atom. The molecule has 7 heteroatoms. The molecule has 1 heterocycles. The molecule has 0 saturated heterocycles. The predicted molar refractivity (Wildman–Crippen MR) is 107 cm³/mol. The van der Waals surface area contributed by atoms with Gasteiger partial charge in [0.2, 0.25) is 11.7 Å². The van der Waals surface area contributed by atoms with Crippen LogP contribution in [-0.2, 0) is 11.3 Å². The summed E-state index contributed by atoms with van der Waals surface area (Å²) in [5.74, 6) is 1.29. The van der Waals surface area contributed by atoms with E-state index in [0.29, 0.717) is 22.5 Å². The quantitative estimate of drug-likeness (QED) is 0.613. The van der Waals surface area contributed by atoms with Crippen LogP contribution in [0.15, 0.2) is 47.0 Å². The first-order valence-electron chi connectivity index (χ1n) is 8.91. The van der Waals surface area contributed by atoms with Crippen molar-refractivity contribution in [2.24, 2.45) is 0 Å². The number of nitrogens with zero attached hydrogens (tertiary/aromatic N) is 3. The van der Waals surface area contributed by atoms with E-state index in [1.165, 1.54) is 10.5 Å². The molecule has 0 bridgehead atoms. The van der Waals surface area contributed by atoms with Crippen LogP contribution in [0.3, 0.4) is 0 Å². The van der Waals surface area contributed by atoms with Crippen molar-refractivity contribution >= 4 is 17.5 Å². The Hall–Kier alpha value is -2.86. The Morgan fingerprint density at radius 2 is 1.89 bits per heavy atom. The molecular weight excluding hydrogens is 378 g/mol. The van der Waals surface area contributed by atoms with E-state index in [1.807, 2.05) is 44.2 Å². The third-order valence-electron chi connectivity index (χ3n) is 4.46. The van der Waals surface area contributed by atoms with E-state index in [2.05, 4.69) is 10.1 Å². The fourth-order valence-corrected chi connectivity index (χ4v) is 2.79. The van der Waals surface area contributed by atoms with Gasteiger partial charge in [-0.05, 0) is 68.3 Å². The second kappa shape index (κ2) is 8.44. The molecule has 0 aliphatic carbocycles. The standard InChI is InChI=1S/C21H22ClN3O3/c1-13-5-10-18(11-14(13)2)27-15(3)21(26)25(4)12-19-23-20(24-28-19)16-6-8-17(22)9-7-16/h5-11,15H,12H2,1-4H3. The van der Waals surface area contributed by atoms with E-state index < -0.39 is 6.10 Å². The molecule has 146 valence electrons. The van der Waals surface area contributed by atoms with E-state index in [4.69, 9.17) is 20.9 Å². The molecule has 0 aliphatic rings. The van der Waals surface area contributed by atoms with E-state index in [1.54, 1.807) is 26.1 Å². The van der Waals surface area contributed by atoms with Gasteiger partial charge in [0.1, 0.15) is 5.75 Å². The zero-order valence-corrected chi connectivity index (χ0v) is 17.0. The molecule has 3 aromatic rings. The van der Waals surface area contributed by atoms with Gasteiger partial charge in [-0.25, -0.2) is 0 Å². The zero-order chi connectivity index (χ0) is 20.3. The van der Waals surface area contributed by atoms with Crippen molar-refractivity contribution in [1.82, 2.24) is 15.0 Å².